The van der Waals surface area contributed by atoms with Crippen molar-refractivity contribution in [3.05, 3.63) is 84.4 Å². The van der Waals surface area contributed by atoms with Gasteiger partial charge >= 0.3 is 0 Å². The zero-order chi connectivity index (χ0) is 18.8. The topological polar surface area (TPSA) is 49.4 Å². The monoisotopic (exact) mass is 350 g/mol. The molecule has 1 atom stereocenters. The lowest BCUT2D eigenvalue weighted by Crippen LogP contribution is -2.50. The molecule has 0 spiro atoms. The summed E-state index contributed by atoms with van der Waals surface area (Å²) in [6.07, 6.45) is 2.47. The van der Waals surface area contributed by atoms with Crippen molar-refractivity contribution >= 4 is 11.8 Å². The number of nitrogens with zero attached hydrogens (tertiary/aromatic N) is 1. The fraction of sp³-hybridized carbons (Fsp3) is 0.273. The summed E-state index contributed by atoms with van der Waals surface area (Å²) in [4.78, 5) is 27.1. The van der Waals surface area contributed by atoms with Gasteiger partial charge in [0.15, 0.2) is 0 Å². The Kier molecular flexibility index (Phi) is 7.62. The minimum atomic E-state index is -0.565. The first-order valence-electron chi connectivity index (χ1n) is 8.91. The van der Waals surface area contributed by atoms with Gasteiger partial charge in [-0.15, -0.1) is 6.58 Å². The third kappa shape index (κ3) is 5.59. The molecular formula is C22H26N2O2. The first kappa shape index (κ1) is 19.4. The zero-order valence-electron chi connectivity index (χ0n) is 15.2. The molecule has 0 bridgehead atoms. The van der Waals surface area contributed by atoms with Crippen LogP contribution >= 0.6 is 0 Å². The quantitative estimate of drug-likeness (QED) is 0.705. The van der Waals surface area contributed by atoms with E-state index < -0.39 is 6.04 Å². The minimum Gasteiger partial charge on any atom is -0.351 e. The number of nitrogens with one attached hydrogen (secondary N) is 1. The number of rotatable bonds is 9. The molecule has 2 amide bonds. The van der Waals surface area contributed by atoms with Crippen LogP contribution in [0, 0.1) is 0 Å². The molecule has 1 N–H and O–H groups in total. The van der Waals surface area contributed by atoms with Gasteiger partial charge in [-0.2, -0.15) is 0 Å². The summed E-state index contributed by atoms with van der Waals surface area (Å²) in [5.41, 5.74) is 2.03. The maximum atomic E-state index is 12.8. The van der Waals surface area contributed by atoms with Crippen molar-refractivity contribution in [1.29, 1.82) is 0 Å². The summed E-state index contributed by atoms with van der Waals surface area (Å²) in [5.74, 6) is -0.199. The number of hydrogen-bond donors (Lipinski definition) is 1. The van der Waals surface area contributed by atoms with E-state index in [-0.39, 0.29) is 11.8 Å². The maximum absolute atomic E-state index is 12.8. The smallest absolute Gasteiger partial charge is 0.243 e. The molecule has 0 radical (unpaired) electrons. The molecule has 0 aromatic heterocycles. The van der Waals surface area contributed by atoms with Gasteiger partial charge in [-0.25, -0.2) is 0 Å². The summed E-state index contributed by atoms with van der Waals surface area (Å²) in [5, 5.41) is 2.85. The first-order valence-corrected chi connectivity index (χ1v) is 8.91. The van der Waals surface area contributed by atoms with Crippen LogP contribution in [0.25, 0.3) is 0 Å². The highest BCUT2D eigenvalue weighted by Gasteiger charge is 2.29. The van der Waals surface area contributed by atoms with E-state index in [2.05, 4.69) is 11.9 Å². The second kappa shape index (κ2) is 10.2. The van der Waals surface area contributed by atoms with Gasteiger partial charge in [0.25, 0.3) is 0 Å². The highest BCUT2D eigenvalue weighted by molar-refractivity contribution is 5.88. The van der Waals surface area contributed by atoms with Crippen LogP contribution in [0.15, 0.2) is 73.3 Å². The first-order chi connectivity index (χ1) is 12.7. The summed E-state index contributed by atoms with van der Waals surface area (Å²) in [7, 11) is 0. The standard InChI is InChI=1S/C22H26N2O2/c1-3-15-23-22(26)20(16-18-11-7-5-8-12-18)24(21(25)4-2)17-19-13-9-6-10-14-19/h3,5-14,20H,1,4,15-17H2,2H3,(H,23,26). The molecule has 0 fully saturated rings. The van der Waals surface area contributed by atoms with Crippen LogP contribution in [0.5, 0.6) is 0 Å². The Balaban J connectivity index is 2.30. The van der Waals surface area contributed by atoms with E-state index in [4.69, 9.17) is 0 Å². The van der Waals surface area contributed by atoms with E-state index in [1.165, 1.54) is 0 Å². The molecule has 26 heavy (non-hydrogen) atoms. The van der Waals surface area contributed by atoms with Crippen molar-refractivity contribution in [1.82, 2.24) is 10.2 Å². The predicted molar refractivity (Wildman–Crippen MR) is 104 cm³/mol. The molecule has 1 unspecified atom stereocenters. The van der Waals surface area contributed by atoms with Crippen LogP contribution in [0.2, 0.25) is 0 Å². The molecular weight excluding hydrogens is 324 g/mol. The SMILES string of the molecule is C=CCNC(=O)C(Cc1ccccc1)N(Cc1ccccc1)C(=O)CC. The zero-order valence-corrected chi connectivity index (χ0v) is 15.2. The van der Waals surface area contributed by atoms with E-state index >= 15 is 0 Å². The van der Waals surface area contributed by atoms with Gasteiger partial charge in [0.2, 0.25) is 11.8 Å². The molecule has 0 aliphatic carbocycles. The van der Waals surface area contributed by atoms with Crippen LogP contribution in [-0.4, -0.2) is 29.3 Å². The lowest BCUT2D eigenvalue weighted by Gasteiger charge is -2.31. The number of hydrogen-bond acceptors (Lipinski definition) is 2. The third-order valence-corrected chi connectivity index (χ3v) is 4.19. The summed E-state index contributed by atoms with van der Waals surface area (Å²) in [6, 6.07) is 19.0. The molecule has 0 saturated carbocycles. The van der Waals surface area contributed by atoms with Gasteiger partial charge in [-0.05, 0) is 11.1 Å². The minimum absolute atomic E-state index is 0.0384. The normalized spacial score (nSPS) is 11.4. The Bertz CT molecular complexity index is 713. The van der Waals surface area contributed by atoms with E-state index in [1.54, 1.807) is 11.0 Å². The Morgan fingerprint density at radius 1 is 1.04 bits per heavy atom. The van der Waals surface area contributed by atoms with Crippen LogP contribution in [0.1, 0.15) is 24.5 Å². The maximum Gasteiger partial charge on any atom is 0.243 e. The van der Waals surface area contributed by atoms with Crippen LogP contribution in [-0.2, 0) is 22.6 Å². The Morgan fingerprint density at radius 3 is 2.15 bits per heavy atom. The average molecular weight is 350 g/mol. The Morgan fingerprint density at radius 2 is 1.62 bits per heavy atom. The molecule has 4 nitrogen and oxygen atoms in total. The lowest BCUT2D eigenvalue weighted by atomic mass is 10.0. The van der Waals surface area contributed by atoms with Crippen molar-refractivity contribution in [2.75, 3.05) is 6.54 Å². The van der Waals surface area contributed by atoms with E-state index in [9.17, 15) is 9.59 Å². The van der Waals surface area contributed by atoms with Crippen molar-refractivity contribution in [2.45, 2.75) is 32.4 Å². The molecule has 2 aromatic rings. The average Bonchev–Trinajstić information content (AvgIpc) is 2.69. The fourth-order valence-corrected chi connectivity index (χ4v) is 2.83. The molecule has 2 aromatic carbocycles. The summed E-state index contributed by atoms with van der Waals surface area (Å²) >= 11 is 0. The van der Waals surface area contributed by atoms with Crippen molar-refractivity contribution in [2.24, 2.45) is 0 Å². The second-order valence-electron chi connectivity index (χ2n) is 6.10. The Labute approximate surface area is 155 Å². The number of amides is 2. The largest absolute Gasteiger partial charge is 0.351 e. The van der Waals surface area contributed by atoms with E-state index in [1.807, 2.05) is 67.6 Å². The molecule has 0 aliphatic rings. The lowest BCUT2D eigenvalue weighted by molar-refractivity contribution is -0.140. The molecule has 2 rings (SSSR count). The number of carbonyl (C=O) groups excluding carboxylic acids is 2. The van der Waals surface area contributed by atoms with Gasteiger partial charge in [0.1, 0.15) is 6.04 Å². The van der Waals surface area contributed by atoms with E-state index in [0.717, 1.165) is 11.1 Å². The molecule has 136 valence electrons. The van der Waals surface area contributed by atoms with Gasteiger partial charge in [0, 0.05) is 25.9 Å². The highest BCUT2D eigenvalue weighted by Crippen LogP contribution is 2.15. The Hall–Kier alpha value is -2.88. The predicted octanol–water partition coefficient (Wildman–Crippen LogP) is 3.34. The fourth-order valence-electron chi connectivity index (χ4n) is 2.83. The summed E-state index contributed by atoms with van der Waals surface area (Å²) < 4.78 is 0. The van der Waals surface area contributed by atoms with Crippen molar-refractivity contribution < 1.29 is 9.59 Å². The van der Waals surface area contributed by atoms with Crippen LogP contribution in [0.3, 0.4) is 0 Å². The number of carbonyl (C=O) groups is 2. The van der Waals surface area contributed by atoms with Gasteiger partial charge in [0.05, 0.1) is 0 Å². The van der Waals surface area contributed by atoms with Gasteiger partial charge in [-0.1, -0.05) is 73.7 Å². The molecule has 4 heteroatoms. The third-order valence-electron chi connectivity index (χ3n) is 4.19. The van der Waals surface area contributed by atoms with Crippen molar-refractivity contribution in [3.8, 4) is 0 Å². The van der Waals surface area contributed by atoms with E-state index in [0.29, 0.717) is 25.9 Å². The second-order valence-corrected chi connectivity index (χ2v) is 6.10. The van der Waals surface area contributed by atoms with Crippen LogP contribution < -0.4 is 5.32 Å². The number of benzene rings is 2. The highest BCUT2D eigenvalue weighted by atomic mass is 16.2. The molecule has 0 heterocycles. The molecule has 0 aliphatic heterocycles. The van der Waals surface area contributed by atoms with Gasteiger partial charge in [-0.3, -0.25) is 9.59 Å². The van der Waals surface area contributed by atoms with Crippen molar-refractivity contribution in [3.63, 3.8) is 0 Å². The summed E-state index contributed by atoms with van der Waals surface area (Å²) in [6.45, 7) is 6.25. The van der Waals surface area contributed by atoms with Gasteiger partial charge < -0.3 is 10.2 Å². The molecule has 0 saturated heterocycles. The van der Waals surface area contributed by atoms with Crippen LogP contribution in [0.4, 0.5) is 0 Å².